The van der Waals surface area contributed by atoms with Crippen molar-refractivity contribution in [3.63, 3.8) is 0 Å². The maximum absolute atomic E-state index is 13.3. The van der Waals surface area contributed by atoms with Crippen LogP contribution in [0, 0.1) is 5.92 Å². The van der Waals surface area contributed by atoms with Crippen molar-refractivity contribution in [3.05, 3.63) is 12.2 Å². The number of halogens is 8. The fourth-order valence-corrected chi connectivity index (χ4v) is 1.32. The first-order valence-corrected chi connectivity index (χ1v) is 5.89. The highest BCUT2D eigenvalue weighted by Crippen LogP contribution is 2.54. The Morgan fingerprint density at radius 3 is 1.73 bits per heavy atom. The molecule has 0 aliphatic rings. The van der Waals surface area contributed by atoms with Crippen LogP contribution in [0.15, 0.2) is 12.2 Å². The molecule has 22 heavy (non-hydrogen) atoms. The molecule has 130 valence electrons. The predicted molar refractivity (Wildman–Crippen MR) is 60.1 cm³/mol. The van der Waals surface area contributed by atoms with Gasteiger partial charge in [0.2, 0.25) is 0 Å². The lowest BCUT2D eigenvalue weighted by Gasteiger charge is -2.36. The summed E-state index contributed by atoms with van der Waals surface area (Å²) in [6.07, 6.45) is -7.91. The van der Waals surface area contributed by atoms with E-state index in [4.69, 9.17) is 0 Å². The third-order valence-electron chi connectivity index (χ3n) is 2.45. The molecule has 0 aromatic rings. The Morgan fingerprint density at radius 1 is 1.00 bits per heavy atom. The molecule has 0 radical (unpaired) electrons. The highest BCUT2D eigenvalue weighted by molar-refractivity contribution is 5.87. The molecule has 0 saturated carbocycles. The molecule has 0 aromatic carbocycles. The smallest absolute Gasteiger partial charge is 0.393 e. The van der Waals surface area contributed by atoms with Gasteiger partial charge in [0.1, 0.15) is 0 Å². The van der Waals surface area contributed by atoms with Gasteiger partial charge in [0, 0.05) is 12.0 Å². The van der Waals surface area contributed by atoms with Gasteiger partial charge in [-0.05, 0) is 12.8 Å². The van der Waals surface area contributed by atoms with Crippen molar-refractivity contribution in [2.75, 3.05) is 0 Å². The van der Waals surface area contributed by atoms with Gasteiger partial charge >= 0.3 is 29.8 Å². The molecule has 0 saturated heterocycles. The number of carbonyl (C=O) groups is 1. The quantitative estimate of drug-likeness (QED) is 0.382. The minimum absolute atomic E-state index is 0.780. The number of alkyl halides is 8. The second-order valence-electron chi connectivity index (χ2n) is 5.14. The first kappa shape index (κ1) is 20.6. The third-order valence-corrected chi connectivity index (χ3v) is 2.45. The number of rotatable bonds is 7. The van der Waals surface area contributed by atoms with E-state index in [1.165, 1.54) is 0 Å². The largest absolute Gasteiger partial charge is 0.473 e. The van der Waals surface area contributed by atoms with Crippen molar-refractivity contribution in [3.8, 4) is 0 Å². The molecule has 0 unspecified atom stereocenters. The van der Waals surface area contributed by atoms with Crippen LogP contribution in [0.1, 0.15) is 27.2 Å². The normalized spacial score (nSPS) is 14.2. The molecular formula is C12H14F8O2. The Bertz CT molecular complexity index is 442. The molecule has 0 N–H and O–H groups in total. The fourth-order valence-electron chi connectivity index (χ4n) is 1.32. The summed E-state index contributed by atoms with van der Waals surface area (Å²) in [6.45, 7) is 5.59. The van der Waals surface area contributed by atoms with Gasteiger partial charge in [-0.25, -0.2) is 4.79 Å². The first-order valence-electron chi connectivity index (χ1n) is 5.89. The molecule has 0 aliphatic carbocycles. The molecule has 0 heterocycles. The molecule has 0 aliphatic heterocycles. The van der Waals surface area contributed by atoms with Gasteiger partial charge < -0.3 is 4.74 Å². The van der Waals surface area contributed by atoms with Gasteiger partial charge in [-0.15, -0.1) is 0 Å². The predicted octanol–water partition coefficient (Wildman–Crippen LogP) is 4.65. The van der Waals surface area contributed by atoms with E-state index in [-0.39, 0.29) is 0 Å². The van der Waals surface area contributed by atoms with Crippen molar-refractivity contribution in [2.24, 2.45) is 5.92 Å². The van der Waals surface area contributed by atoms with E-state index in [2.05, 4.69) is 11.3 Å². The summed E-state index contributed by atoms with van der Waals surface area (Å²) in [6, 6.07) is 0. The van der Waals surface area contributed by atoms with Gasteiger partial charge in [-0.1, -0.05) is 20.4 Å². The van der Waals surface area contributed by atoms with E-state index in [0.29, 0.717) is 0 Å². The van der Waals surface area contributed by atoms with Crippen molar-refractivity contribution < 1.29 is 44.7 Å². The highest BCUT2D eigenvalue weighted by atomic mass is 19.4. The topological polar surface area (TPSA) is 26.3 Å². The standard InChI is InChI=1S/C12H14F8O2/c1-6(2)5-9(13,14)10(15,16)11(17,18)12(19,20)22-8(21)7(3)4/h6H,3,5H2,1-2,4H3. The molecule has 0 aromatic heterocycles. The third kappa shape index (κ3) is 3.70. The first-order chi connectivity index (χ1) is 9.49. The number of hydrogen-bond donors (Lipinski definition) is 0. The average molecular weight is 342 g/mol. The Kier molecular flexibility index (Phi) is 5.67. The molecule has 0 fully saturated rings. The molecule has 0 atom stereocenters. The number of ether oxygens (including phenoxy) is 1. The molecule has 0 bridgehead atoms. The molecule has 0 spiro atoms. The van der Waals surface area contributed by atoms with Crippen LogP contribution < -0.4 is 0 Å². The van der Waals surface area contributed by atoms with E-state index in [1.54, 1.807) is 0 Å². The Hall–Kier alpha value is -1.35. The SMILES string of the molecule is C=C(C)C(=O)OC(F)(F)C(F)(F)C(F)(F)C(F)(F)CC(C)C. The molecule has 0 rings (SSSR count). The Labute approximate surface area is 121 Å². The summed E-state index contributed by atoms with van der Waals surface area (Å²) in [5.74, 6) is -21.8. The Balaban J connectivity index is 5.67. The van der Waals surface area contributed by atoms with Crippen LogP contribution >= 0.6 is 0 Å². The zero-order chi connectivity index (χ0) is 18.1. The maximum Gasteiger partial charge on any atom is 0.473 e. The van der Waals surface area contributed by atoms with Gasteiger partial charge in [0.05, 0.1) is 0 Å². The maximum atomic E-state index is 13.3. The van der Waals surface area contributed by atoms with E-state index >= 15 is 0 Å². The lowest BCUT2D eigenvalue weighted by molar-refractivity contribution is -0.417. The molecular weight excluding hydrogens is 328 g/mol. The van der Waals surface area contributed by atoms with E-state index < -0.39 is 47.8 Å². The van der Waals surface area contributed by atoms with E-state index in [0.717, 1.165) is 20.8 Å². The lowest BCUT2D eigenvalue weighted by Crippen LogP contribution is -2.63. The zero-order valence-corrected chi connectivity index (χ0v) is 11.8. The van der Waals surface area contributed by atoms with Crippen molar-refractivity contribution in [2.45, 2.75) is 51.1 Å². The lowest BCUT2D eigenvalue weighted by atomic mass is 9.95. The second kappa shape index (κ2) is 6.04. The van der Waals surface area contributed by atoms with Crippen molar-refractivity contribution in [1.82, 2.24) is 0 Å². The van der Waals surface area contributed by atoms with Crippen LogP contribution in [0.4, 0.5) is 35.1 Å². The second-order valence-corrected chi connectivity index (χ2v) is 5.14. The molecule has 2 nitrogen and oxygen atoms in total. The summed E-state index contributed by atoms with van der Waals surface area (Å²) in [5, 5.41) is 0. The number of carbonyl (C=O) groups excluding carboxylic acids is 1. The van der Waals surface area contributed by atoms with Crippen LogP contribution in [-0.2, 0) is 9.53 Å². The summed E-state index contributed by atoms with van der Waals surface area (Å²) in [7, 11) is 0. The van der Waals surface area contributed by atoms with Crippen LogP contribution in [-0.4, -0.2) is 29.8 Å². The number of esters is 1. The van der Waals surface area contributed by atoms with Gasteiger partial charge in [0.25, 0.3) is 0 Å². The molecule has 10 heteroatoms. The monoisotopic (exact) mass is 342 g/mol. The van der Waals surface area contributed by atoms with Gasteiger partial charge in [0.15, 0.2) is 0 Å². The highest BCUT2D eigenvalue weighted by Gasteiger charge is 2.82. The van der Waals surface area contributed by atoms with Crippen LogP contribution in [0.3, 0.4) is 0 Å². The Morgan fingerprint density at radius 2 is 1.41 bits per heavy atom. The van der Waals surface area contributed by atoms with Crippen molar-refractivity contribution in [1.29, 1.82) is 0 Å². The zero-order valence-electron chi connectivity index (χ0n) is 11.8. The van der Waals surface area contributed by atoms with Gasteiger partial charge in [-0.3, -0.25) is 0 Å². The average Bonchev–Trinajstić information content (AvgIpc) is 2.25. The number of hydrogen-bond acceptors (Lipinski definition) is 2. The fraction of sp³-hybridized carbons (Fsp3) is 0.750. The van der Waals surface area contributed by atoms with E-state index in [1.807, 2.05) is 0 Å². The van der Waals surface area contributed by atoms with E-state index in [9.17, 15) is 39.9 Å². The summed E-state index contributed by atoms with van der Waals surface area (Å²) < 4.78 is 109. The minimum Gasteiger partial charge on any atom is -0.393 e. The van der Waals surface area contributed by atoms with Crippen molar-refractivity contribution >= 4 is 5.97 Å². The summed E-state index contributed by atoms with van der Waals surface area (Å²) in [5.41, 5.74) is -0.798. The summed E-state index contributed by atoms with van der Waals surface area (Å²) in [4.78, 5) is 10.8. The minimum atomic E-state index is -6.62. The van der Waals surface area contributed by atoms with Crippen LogP contribution in [0.25, 0.3) is 0 Å². The van der Waals surface area contributed by atoms with Crippen LogP contribution in [0.5, 0.6) is 0 Å². The molecule has 0 amide bonds. The van der Waals surface area contributed by atoms with Crippen LogP contribution in [0.2, 0.25) is 0 Å². The van der Waals surface area contributed by atoms with Gasteiger partial charge in [-0.2, -0.15) is 35.1 Å². The summed E-state index contributed by atoms with van der Waals surface area (Å²) >= 11 is 0.